The van der Waals surface area contributed by atoms with Crippen molar-refractivity contribution in [3.05, 3.63) is 41.2 Å². The van der Waals surface area contributed by atoms with E-state index in [-0.39, 0.29) is 10.7 Å². The smallest absolute Gasteiger partial charge is 0.338 e. The number of thioether (sulfide) groups is 1. The van der Waals surface area contributed by atoms with Gasteiger partial charge in [0.1, 0.15) is 16.9 Å². The van der Waals surface area contributed by atoms with Crippen molar-refractivity contribution in [1.29, 1.82) is 0 Å². The molecular weight excluding hydrogens is 272 g/mol. The predicted octanol–water partition coefficient (Wildman–Crippen LogP) is 1.90. The van der Waals surface area contributed by atoms with Gasteiger partial charge in [-0.2, -0.15) is 8.42 Å². The van der Waals surface area contributed by atoms with Gasteiger partial charge in [0.05, 0.1) is 5.75 Å². The molecule has 2 rings (SSSR count). The van der Waals surface area contributed by atoms with Crippen LogP contribution >= 0.6 is 11.8 Å². The monoisotopic (exact) mass is 284 g/mol. The zero-order valence-corrected chi connectivity index (χ0v) is 11.4. The first-order valence-corrected chi connectivity index (χ1v) is 7.85. The van der Waals surface area contributed by atoms with E-state index in [9.17, 15) is 13.2 Å². The average molecular weight is 284 g/mol. The van der Waals surface area contributed by atoms with Gasteiger partial charge in [0.15, 0.2) is 0 Å². The molecule has 1 aliphatic rings. The summed E-state index contributed by atoms with van der Waals surface area (Å²) in [6.45, 7) is 1.87. The largest absolute Gasteiger partial charge is 0.382 e. The van der Waals surface area contributed by atoms with E-state index >= 15 is 0 Å². The molecule has 1 aromatic rings. The summed E-state index contributed by atoms with van der Waals surface area (Å²) >= 11 is 1.46. The Bertz CT molecular complexity index is 585. The van der Waals surface area contributed by atoms with Crippen LogP contribution in [0.3, 0.4) is 0 Å². The highest BCUT2D eigenvalue weighted by Crippen LogP contribution is 2.27. The molecule has 4 nitrogen and oxygen atoms in total. The molecule has 0 aromatic heterocycles. The first-order chi connectivity index (χ1) is 8.53. The molecule has 1 aliphatic heterocycles. The second-order valence-electron chi connectivity index (χ2n) is 3.91. The van der Waals surface area contributed by atoms with Crippen molar-refractivity contribution in [2.75, 3.05) is 11.5 Å². The van der Waals surface area contributed by atoms with Crippen LogP contribution in [-0.2, 0) is 19.1 Å². The SMILES string of the molecule is Cc1ccc(S(=O)(=O)OC2=C(C=O)CSC2)cc1. The van der Waals surface area contributed by atoms with Crippen molar-refractivity contribution in [3.8, 4) is 0 Å². The highest BCUT2D eigenvalue weighted by atomic mass is 32.2. The second kappa shape index (κ2) is 5.16. The lowest BCUT2D eigenvalue weighted by atomic mass is 10.2. The predicted molar refractivity (Wildman–Crippen MR) is 69.9 cm³/mol. The molecule has 0 atom stereocenters. The molecule has 0 saturated heterocycles. The maximum Gasteiger partial charge on any atom is 0.338 e. The minimum atomic E-state index is -3.83. The Kier molecular flexibility index (Phi) is 3.77. The summed E-state index contributed by atoms with van der Waals surface area (Å²) in [5.74, 6) is 1.16. The highest BCUT2D eigenvalue weighted by molar-refractivity contribution is 8.00. The summed E-state index contributed by atoms with van der Waals surface area (Å²) in [5, 5.41) is 0. The number of carbonyl (C=O) groups excluding carboxylic acids is 1. The van der Waals surface area contributed by atoms with Crippen LogP contribution in [0.4, 0.5) is 0 Å². The lowest BCUT2D eigenvalue weighted by Crippen LogP contribution is -2.08. The van der Waals surface area contributed by atoms with Crippen molar-refractivity contribution in [2.45, 2.75) is 11.8 Å². The molecule has 18 heavy (non-hydrogen) atoms. The van der Waals surface area contributed by atoms with Crippen LogP contribution in [0.2, 0.25) is 0 Å². The van der Waals surface area contributed by atoms with Gasteiger partial charge in [-0.15, -0.1) is 11.8 Å². The average Bonchev–Trinajstić information content (AvgIpc) is 2.76. The lowest BCUT2D eigenvalue weighted by Gasteiger charge is -2.08. The van der Waals surface area contributed by atoms with Crippen molar-refractivity contribution in [3.63, 3.8) is 0 Å². The van der Waals surface area contributed by atoms with Gasteiger partial charge in [0, 0.05) is 11.3 Å². The Morgan fingerprint density at radius 2 is 1.89 bits per heavy atom. The van der Waals surface area contributed by atoms with E-state index in [2.05, 4.69) is 0 Å². The van der Waals surface area contributed by atoms with Crippen molar-refractivity contribution in [2.24, 2.45) is 0 Å². The Hall–Kier alpha value is -1.27. The first kappa shape index (κ1) is 13.2. The minimum Gasteiger partial charge on any atom is -0.382 e. The molecular formula is C12H12O4S2. The molecule has 0 aliphatic carbocycles. The number of aldehydes is 1. The molecule has 0 fully saturated rings. The number of benzene rings is 1. The zero-order chi connectivity index (χ0) is 13.2. The summed E-state index contributed by atoms with van der Waals surface area (Å²) in [7, 11) is -3.83. The fraction of sp³-hybridized carbons (Fsp3) is 0.250. The zero-order valence-electron chi connectivity index (χ0n) is 9.75. The highest BCUT2D eigenvalue weighted by Gasteiger charge is 2.23. The molecule has 1 aromatic carbocycles. The van der Waals surface area contributed by atoms with Crippen molar-refractivity contribution >= 4 is 28.2 Å². The molecule has 1 heterocycles. The van der Waals surface area contributed by atoms with Crippen molar-refractivity contribution < 1.29 is 17.4 Å². The fourth-order valence-corrected chi connectivity index (χ4v) is 3.54. The number of aryl methyl sites for hydroxylation is 1. The minimum absolute atomic E-state index is 0.0998. The summed E-state index contributed by atoms with van der Waals surface area (Å²) in [6, 6.07) is 6.39. The first-order valence-electron chi connectivity index (χ1n) is 5.29. The van der Waals surface area contributed by atoms with E-state index in [1.807, 2.05) is 6.92 Å². The molecule has 0 bridgehead atoms. The van der Waals surface area contributed by atoms with E-state index in [1.165, 1.54) is 23.9 Å². The summed E-state index contributed by atoms with van der Waals surface area (Å²) in [5.41, 5.74) is 1.38. The number of rotatable bonds is 4. The van der Waals surface area contributed by atoms with E-state index < -0.39 is 10.1 Å². The van der Waals surface area contributed by atoms with Crippen LogP contribution < -0.4 is 0 Å². The van der Waals surface area contributed by atoms with Crippen LogP contribution in [0.1, 0.15) is 5.56 Å². The van der Waals surface area contributed by atoms with Crippen LogP contribution in [0.5, 0.6) is 0 Å². The Morgan fingerprint density at radius 1 is 1.22 bits per heavy atom. The fourth-order valence-electron chi connectivity index (χ4n) is 1.49. The van der Waals surface area contributed by atoms with Gasteiger partial charge in [-0.05, 0) is 19.1 Å². The summed E-state index contributed by atoms with van der Waals surface area (Å²) in [6.07, 6.45) is 0.653. The maximum absolute atomic E-state index is 12.0. The van der Waals surface area contributed by atoms with E-state index in [1.54, 1.807) is 12.1 Å². The van der Waals surface area contributed by atoms with E-state index in [0.29, 0.717) is 23.4 Å². The van der Waals surface area contributed by atoms with Gasteiger partial charge in [0.25, 0.3) is 0 Å². The van der Waals surface area contributed by atoms with Crippen molar-refractivity contribution in [1.82, 2.24) is 0 Å². The maximum atomic E-state index is 12.0. The van der Waals surface area contributed by atoms with Gasteiger partial charge in [-0.1, -0.05) is 17.7 Å². The molecule has 0 radical (unpaired) electrons. The third-order valence-electron chi connectivity index (χ3n) is 2.51. The number of carbonyl (C=O) groups is 1. The van der Waals surface area contributed by atoms with Gasteiger partial charge >= 0.3 is 10.1 Å². The molecule has 6 heteroatoms. The van der Waals surface area contributed by atoms with E-state index in [4.69, 9.17) is 4.18 Å². The normalized spacial score (nSPS) is 15.8. The number of hydrogen-bond acceptors (Lipinski definition) is 5. The molecule has 0 unspecified atom stereocenters. The van der Waals surface area contributed by atoms with Gasteiger partial charge < -0.3 is 4.18 Å². The van der Waals surface area contributed by atoms with Crippen LogP contribution in [0.15, 0.2) is 40.5 Å². The Morgan fingerprint density at radius 3 is 2.50 bits per heavy atom. The lowest BCUT2D eigenvalue weighted by molar-refractivity contribution is -0.104. The third-order valence-corrected chi connectivity index (χ3v) is 4.76. The molecule has 96 valence electrons. The van der Waals surface area contributed by atoms with E-state index in [0.717, 1.165) is 5.56 Å². The summed E-state index contributed by atoms with van der Waals surface area (Å²) in [4.78, 5) is 10.8. The number of hydrogen-bond donors (Lipinski definition) is 0. The summed E-state index contributed by atoms with van der Waals surface area (Å²) < 4.78 is 29.0. The van der Waals surface area contributed by atoms with Crippen LogP contribution in [0.25, 0.3) is 0 Å². The van der Waals surface area contributed by atoms with Crippen LogP contribution in [-0.4, -0.2) is 26.2 Å². The van der Waals surface area contributed by atoms with Gasteiger partial charge in [-0.3, -0.25) is 4.79 Å². The standard InChI is InChI=1S/C12H12O4S2/c1-9-2-4-11(5-3-9)18(14,15)16-12-8-17-7-10(12)6-13/h2-6H,7-8H2,1H3. The van der Waals surface area contributed by atoms with Crippen LogP contribution in [0, 0.1) is 6.92 Å². The molecule has 0 amide bonds. The molecule has 0 saturated carbocycles. The molecule has 0 N–H and O–H groups in total. The van der Waals surface area contributed by atoms with Gasteiger partial charge in [-0.25, -0.2) is 0 Å². The Labute approximate surface area is 110 Å². The molecule has 0 spiro atoms. The second-order valence-corrected chi connectivity index (χ2v) is 6.44. The topological polar surface area (TPSA) is 60.4 Å². The van der Waals surface area contributed by atoms with Gasteiger partial charge in [0.2, 0.25) is 0 Å². The third kappa shape index (κ3) is 2.76. The Balaban J connectivity index is 2.27. The quantitative estimate of drug-likeness (QED) is 0.624.